The van der Waals surface area contributed by atoms with Crippen LogP contribution in [0.2, 0.25) is 0 Å². The van der Waals surface area contributed by atoms with Crippen LogP contribution in [0.25, 0.3) is 0 Å². The summed E-state index contributed by atoms with van der Waals surface area (Å²) in [5.74, 6) is 0.944. The van der Waals surface area contributed by atoms with E-state index in [1.54, 1.807) is 4.90 Å². The fourth-order valence-corrected chi connectivity index (χ4v) is 2.92. The van der Waals surface area contributed by atoms with E-state index in [4.69, 9.17) is 10.00 Å². The molecule has 0 radical (unpaired) electrons. The SMILES string of the molecule is N#CC1CN(C(=O)CCC2CCCCC2)CCO1. The van der Waals surface area contributed by atoms with Crippen molar-refractivity contribution in [3.63, 3.8) is 0 Å². The standard InChI is InChI=1S/C14H22N2O2/c15-10-13-11-16(8-9-18-13)14(17)7-6-12-4-2-1-3-5-12/h12-13H,1-9,11H2. The van der Waals surface area contributed by atoms with Crippen molar-refractivity contribution in [3.05, 3.63) is 0 Å². The maximum absolute atomic E-state index is 12.1. The monoisotopic (exact) mass is 250 g/mol. The lowest BCUT2D eigenvalue weighted by molar-refractivity contribution is -0.137. The van der Waals surface area contributed by atoms with Gasteiger partial charge in [0.25, 0.3) is 0 Å². The third kappa shape index (κ3) is 3.71. The van der Waals surface area contributed by atoms with Crippen molar-refractivity contribution < 1.29 is 9.53 Å². The minimum atomic E-state index is -0.433. The molecule has 0 aromatic heterocycles. The van der Waals surface area contributed by atoms with E-state index in [9.17, 15) is 4.79 Å². The Balaban J connectivity index is 1.72. The number of amides is 1. The molecule has 1 saturated carbocycles. The van der Waals surface area contributed by atoms with Crippen molar-refractivity contribution in [2.45, 2.75) is 51.0 Å². The van der Waals surface area contributed by atoms with Gasteiger partial charge in [-0.1, -0.05) is 32.1 Å². The van der Waals surface area contributed by atoms with Crippen LogP contribution >= 0.6 is 0 Å². The molecule has 2 rings (SSSR count). The van der Waals surface area contributed by atoms with Crippen molar-refractivity contribution in [1.82, 2.24) is 4.90 Å². The summed E-state index contributed by atoms with van der Waals surface area (Å²) in [5, 5.41) is 8.81. The van der Waals surface area contributed by atoms with Gasteiger partial charge in [-0.25, -0.2) is 0 Å². The van der Waals surface area contributed by atoms with Crippen LogP contribution in [0.15, 0.2) is 0 Å². The molecule has 1 aliphatic carbocycles. The Labute approximate surface area is 109 Å². The van der Waals surface area contributed by atoms with Crippen LogP contribution in [0.1, 0.15) is 44.9 Å². The first-order chi connectivity index (χ1) is 8.79. The minimum Gasteiger partial charge on any atom is -0.360 e. The molecule has 0 aromatic carbocycles. The molecule has 1 atom stereocenters. The smallest absolute Gasteiger partial charge is 0.222 e. The molecule has 0 bridgehead atoms. The maximum atomic E-state index is 12.1. The number of nitrogens with zero attached hydrogens (tertiary/aromatic N) is 2. The van der Waals surface area contributed by atoms with Crippen LogP contribution < -0.4 is 0 Å². The largest absolute Gasteiger partial charge is 0.360 e. The summed E-state index contributed by atoms with van der Waals surface area (Å²) in [4.78, 5) is 13.9. The molecule has 0 aromatic rings. The normalized spacial score (nSPS) is 25.7. The first-order valence-corrected chi connectivity index (χ1v) is 7.08. The van der Waals surface area contributed by atoms with E-state index in [-0.39, 0.29) is 5.91 Å². The zero-order valence-electron chi connectivity index (χ0n) is 10.9. The van der Waals surface area contributed by atoms with E-state index >= 15 is 0 Å². The van der Waals surface area contributed by atoms with E-state index in [0.29, 0.717) is 26.1 Å². The highest BCUT2D eigenvalue weighted by atomic mass is 16.5. The molecule has 18 heavy (non-hydrogen) atoms. The van der Waals surface area contributed by atoms with Crippen LogP contribution in [0.4, 0.5) is 0 Å². The van der Waals surface area contributed by atoms with Gasteiger partial charge < -0.3 is 9.64 Å². The van der Waals surface area contributed by atoms with Crippen LogP contribution in [0.3, 0.4) is 0 Å². The van der Waals surface area contributed by atoms with E-state index < -0.39 is 6.10 Å². The van der Waals surface area contributed by atoms with Crippen molar-refractivity contribution in [1.29, 1.82) is 5.26 Å². The Kier molecular flexibility index (Phi) is 5.00. The zero-order valence-corrected chi connectivity index (χ0v) is 10.9. The lowest BCUT2D eigenvalue weighted by atomic mass is 9.86. The summed E-state index contributed by atoms with van der Waals surface area (Å²) in [6, 6.07) is 2.08. The zero-order chi connectivity index (χ0) is 12.8. The Morgan fingerprint density at radius 3 is 2.83 bits per heavy atom. The fraction of sp³-hybridized carbons (Fsp3) is 0.857. The predicted molar refractivity (Wildman–Crippen MR) is 67.7 cm³/mol. The molecular weight excluding hydrogens is 228 g/mol. The number of ether oxygens (including phenoxy) is 1. The van der Waals surface area contributed by atoms with E-state index in [0.717, 1.165) is 12.3 Å². The number of hydrogen-bond donors (Lipinski definition) is 0. The van der Waals surface area contributed by atoms with Crippen molar-refractivity contribution in [3.8, 4) is 6.07 Å². The number of morpholine rings is 1. The highest BCUT2D eigenvalue weighted by Crippen LogP contribution is 2.27. The first-order valence-electron chi connectivity index (χ1n) is 7.08. The molecule has 1 amide bonds. The molecule has 2 aliphatic rings. The van der Waals surface area contributed by atoms with Crippen LogP contribution in [0, 0.1) is 17.2 Å². The molecule has 2 fully saturated rings. The predicted octanol–water partition coefficient (Wildman–Crippen LogP) is 2.10. The summed E-state index contributed by atoms with van der Waals surface area (Å²) < 4.78 is 5.25. The Morgan fingerprint density at radius 1 is 1.33 bits per heavy atom. The third-order valence-electron chi connectivity index (χ3n) is 4.05. The van der Waals surface area contributed by atoms with Gasteiger partial charge in [0.1, 0.15) is 0 Å². The summed E-state index contributed by atoms with van der Waals surface area (Å²) in [6.07, 6.45) is 7.82. The molecule has 4 heteroatoms. The van der Waals surface area contributed by atoms with Gasteiger partial charge in [0.05, 0.1) is 19.2 Å². The average molecular weight is 250 g/mol. The van der Waals surface area contributed by atoms with Crippen LogP contribution in [-0.4, -0.2) is 36.6 Å². The van der Waals surface area contributed by atoms with E-state index in [1.165, 1.54) is 32.1 Å². The number of rotatable bonds is 3. The molecular formula is C14H22N2O2. The molecule has 0 spiro atoms. The second kappa shape index (κ2) is 6.75. The second-order valence-electron chi connectivity index (χ2n) is 5.37. The highest BCUT2D eigenvalue weighted by Gasteiger charge is 2.24. The van der Waals surface area contributed by atoms with Gasteiger partial charge in [-0.05, 0) is 12.3 Å². The third-order valence-corrected chi connectivity index (χ3v) is 4.05. The van der Waals surface area contributed by atoms with Gasteiger partial charge in [0.15, 0.2) is 6.10 Å². The molecule has 100 valence electrons. The van der Waals surface area contributed by atoms with Crippen LogP contribution in [0.5, 0.6) is 0 Å². The quantitative estimate of drug-likeness (QED) is 0.770. The van der Waals surface area contributed by atoms with Crippen molar-refractivity contribution in [2.75, 3.05) is 19.7 Å². The van der Waals surface area contributed by atoms with Gasteiger partial charge in [0.2, 0.25) is 5.91 Å². The number of carbonyl (C=O) groups is 1. The van der Waals surface area contributed by atoms with Gasteiger partial charge in [0, 0.05) is 13.0 Å². The summed E-state index contributed by atoms with van der Waals surface area (Å²) >= 11 is 0. The van der Waals surface area contributed by atoms with Gasteiger partial charge >= 0.3 is 0 Å². The van der Waals surface area contributed by atoms with E-state index in [2.05, 4.69) is 6.07 Å². The molecule has 4 nitrogen and oxygen atoms in total. The summed E-state index contributed by atoms with van der Waals surface area (Å²) in [5.41, 5.74) is 0. The number of nitriles is 1. The molecule has 0 N–H and O–H groups in total. The topological polar surface area (TPSA) is 53.3 Å². The number of hydrogen-bond acceptors (Lipinski definition) is 3. The summed E-state index contributed by atoms with van der Waals surface area (Å²) in [6.45, 7) is 1.58. The second-order valence-corrected chi connectivity index (χ2v) is 5.37. The van der Waals surface area contributed by atoms with Crippen LogP contribution in [-0.2, 0) is 9.53 Å². The minimum absolute atomic E-state index is 0.198. The molecule has 1 saturated heterocycles. The maximum Gasteiger partial charge on any atom is 0.222 e. The molecule has 1 aliphatic heterocycles. The van der Waals surface area contributed by atoms with Crippen molar-refractivity contribution >= 4 is 5.91 Å². The van der Waals surface area contributed by atoms with Crippen molar-refractivity contribution in [2.24, 2.45) is 5.92 Å². The van der Waals surface area contributed by atoms with Gasteiger partial charge in [-0.2, -0.15) is 5.26 Å². The fourth-order valence-electron chi connectivity index (χ4n) is 2.92. The summed E-state index contributed by atoms with van der Waals surface area (Å²) in [7, 11) is 0. The van der Waals surface area contributed by atoms with Gasteiger partial charge in [-0.3, -0.25) is 4.79 Å². The Bertz CT molecular complexity index is 318. The lowest BCUT2D eigenvalue weighted by Crippen LogP contribution is -2.45. The molecule has 1 heterocycles. The lowest BCUT2D eigenvalue weighted by Gasteiger charge is -2.30. The highest BCUT2D eigenvalue weighted by molar-refractivity contribution is 5.76. The molecule has 1 unspecified atom stereocenters. The Hall–Kier alpha value is -1.08. The average Bonchev–Trinajstić information content (AvgIpc) is 2.46. The Morgan fingerprint density at radius 2 is 2.11 bits per heavy atom. The van der Waals surface area contributed by atoms with E-state index in [1.807, 2.05) is 0 Å². The number of carbonyl (C=O) groups excluding carboxylic acids is 1. The first kappa shape index (κ1) is 13.4. The van der Waals surface area contributed by atoms with Gasteiger partial charge in [-0.15, -0.1) is 0 Å².